The summed E-state index contributed by atoms with van der Waals surface area (Å²) in [6.45, 7) is 0.847. The number of ether oxygens (including phenoxy) is 1. The largest absolute Gasteiger partial charge is 0.394 e. The van der Waals surface area contributed by atoms with Crippen molar-refractivity contribution in [1.29, 1.82) is 0 Å². The van der Waals surface area contributed by atoms with Gasteiger partial charge in [-0.15, -0.1) is 0 Å². The second-order valence-electron chi connectivity index (χ2n) is 4.63. The van der Waals surface area contributed by atoms with Crippen molar-refractivity contribution < 1.29 is 14.1 Å². The van der Waals surface area contributed by atoms with Crippen LogP contribution in [0.1, 0.15) is 31.2 Å². The molecule has 0 spiro atoms. The molecule has 3 nitrogen and oxygen atoms in total. The molecule has 1 aromatic rings. The van der Waals surface area contributed by atoms with Crippen LogP contribution in [-0.2, 0) is 22.1 Å². The zero-order valence-corrected chi connectivity index (χ0v) is 11.3. The van der Waals surface area contributed by atoms with E-state index in [9.17, 15) is 4.21 Å². The summed E-state index contributed by atoms with van der Waals surface area (Å²) in [7, 11) is -0.881. The van der Waals surface area contributed by atoms with Crippen molar-refractivity contribution >= 4 is 10.8 Å². The van der Waals surface area contributed by atoms with E-state index in [1.165, 1.54) is 12.8 Å². The predicted molar refractivity (Wildman–Crippen MR) is 71.8 cm³/mol. The van der Waals surface area contributed by atoms with E-state index in [2.05, 4.69) is 0 Å². The Morgan fingerprint density at radius 2 is 2.11 bits per heavy atom. The van der Waals surface area contributed by atoms with E-state index >= 15 is 0 Å². The Bertz CT molecular complexity index is 400. The molecule has 0 radical (unpaired) electrons. The molecule has 4 heteroatoms. The number of aliphatic hydroxyl groups is 1. The normalized spacial score (nSPS) is 18.1. The van der Waals surface area contributed by atoms with Gasteiger partial charge in [-0.25, -0.2) is 0 Å². The summed E-state index contributed by atoms with van der Waals surface area (Å²) in [4.78, 5) is 0.909. The van der Waals surface area contributed by atoms with Crippen molar-refractivity contribution in [2.75, 3.05) is 13.2 Å². The maximum absolute atomic E-state index is 12.4. The molecule has 1 aliphatic rings. The lowest BCUT2D eigenvalue weighted by molar-refractivity contribution is 0.0814. The first-order valence-electron chi connectivity index (χ1n) is 6.49. The summed E-state index contributed by atoms with van der Waals surface area (Å²) < 4.78 is 17.6. The highest BCUT2D eigenvalue weighted by molar-refractivity contribution is 7.85. The fraction of sp³-hybridized carbons (Fsp3) is 0.571. The van der Waals surface area contributed by atoms with Gasteiger partial charge < -0.3 is 9.84 Å². The fourth-order valence-electron chi connectivity index (χ4n) is 2.31. The molecule has 100 valence electrons. The third kappa shape index (κ3) is 3.64. The third-order valence-corrected chi connectivity index (χ3v) is 5.04. The van der Waals surface area contributed by atoms with E-state index in [-0.39, 0.29) is 6.61 Å². The minimum Gasteiger partial charge on any atom is -0.394 e. The lowest BCUT2D eigenvalue weighted by Crippen LogP contribution is -2.10. The number of hydrogen-bond donors (Lipinski definition) is 1. The standard InChI is InChI=1S/C14H20O3S/c15-8-9-17-11-12-4-3-7-14(10-12)18(16)13-5-1-2-6-13/h3-4,7,10,13,15H,1-2,5-6,8-9,11H2/t18-/m0/s1. The maximum Gasteiger partial charge on any atom is 0.0718 e. The molecule has 1 aromatic carbocycles. The van der Waals surface area contributed by atoms with Crippen LogP contribution in [0.4, 0.5) is 0 Å². The molecule has 1 fully saturated rings. The highest BCUT2D eigenvalue weighted by atomic mass is 32.2. The van der Waals surface area contributed by atoms with Gasteiger partial charge in [-0.3, -0.25) is 4.21 Å². The van der Waals surface area contributed by atoms with Crippen molar-refractivity contribution in [3.05, 3.63) is 29.8 Å². The van der Waals surface area contributed by atoms with E-state index in [0.717, 1.165) is 23.3 Å². The SMILES string of the molecule is O=[S@](c1cccc(COCCO)c1)C1CCCC1. The van der Waals surface area contributed by atoms with Gasteiger partial charge in [0.15, 0.2) is 0 Å². The van der Waals surface area contributed by atoms with Gasteiger partial charge in [-0.05, 0) is 30.5 Å². The van der Waals surface area contributed by atoms with Crippen LogP contribution in [0.2, 0.25) is 0 Å². The summed E-state index contributed by atoms with van der Waals surface area (Å²) in [5, 5.41) is 8.99. The summed E-state index contributed by atoms with van der Waals surface area (Å²) >= 11 is 0. The van der Waals surface area contributed by atoms with Crippen molar-refractivity contribution in [2.45, 2.75) is 42.4 Å². The monoisotopic (exact) mass is 268 g/mol. The van der Waals surface area contributed by atoms with Crippen LogP contribution in [0.15, 0.2) is 29.2 Å². The van der Waals surface area contributed by atoms with Gasteiger partial charge in [0.1, 0.15) is 0 Å². The van der Waals surface area contributed by atoms with Gasteiger partial charge in [-0.1, -0.05) is 25.0 Å². The summed E-state index contributed by atoms with van der Waals surface area (Å²) in [5.74, 6) is 0. The Balaban J connectivity index is 1.99. The molecule has 0 heterocycles. The number of rotatable bonds is 6. The van der Waals surface area contributed by atoms with Crippen LogP contribution in [0.25, 0.3) is 0 Å². The Morgan fingerprint density at radius 1 is 1.33 bits per heavy atom. The molecule has 1 N–H and O–H groups in total. The van der Waals surface area contributed by atoms with Crippen LogP contribution in [0.3, 0.4) is 0 Å². The minimum absolute atomic E-state index is 0.0354. The zero-order valence-electron chi connectivity index (χ0n) is 10.5. The quantitative estimate of drug-likeness (QED) is 0.805. The molecule has 0 bridgehead atoms. The summed E-state index contributed by atoms with van der Waals surface area (Å²) in [5.41, 5.74) is 1.02. The van der Waals surface area contributed by atoms with Crippen LogP contribution >= 0.6 is 0 Å². The third-order valence-electron chi connectivity index (χ3n) is 3.24. The number of hydrogen-bond acceptors (Lipinski definition) is 3. The first-order chi connectivity index (χ1) is 8.81. The van der Waals surface area contributed by atoms with Crippen molar-refractivity contribution in [3.8, 4) is 0 Å². The second kappa shape index (κ2) is 7.02. The molecule has 1 saturated carbocycles. The number of aliphatic hydroxyl groups excluding tert-OH is 1. The van der Waals surface area contributed by atoms with Gasteiger partial charge in [0.25, 0.3) is 0 Å². The maximum atomic E-state index is 12.4. The lowest BCUT2D eigenvalue weighted by Gasteiger charge is -2.10. The zero-order chi connectivity index (χ0) is 12.8. The average molecular weight is 268 g/mol. The van der Waals surface area contributed by atoms with E-state index in [0.29, 0.717) is 18.5 Å². The fourth-order valence-corrected chi connectivity index (χ4v) is 3.94. The van der Waals surface area contributed by atoms with Gasteiger partial charge in [0.2, 0.25) is 0 Å². The molecule has 1 aliphatic carbocycles. The molecule has 18 heavy (non-hydrogen) atoms. The summed E-state index contributed by atoms with van der Waals surface area (Å²) in [6, 6.07) is 7.79. The van der Waals surface area contributed by atoms with Crippen LogP contribution < -0.4 is 0 Å². The highest BCUT2D eigenvalue weighted by Crippen LogP contribution is 2.27. The van der Waals surface area contributed by atoms with E-state index < -0.39 is 10.8 Å². The topological polar surface area (TPSA) is 46.5 Å². The Labute approximate surface area is 111 Å². The van der Waals surface area contributed by atoms with Crippen molar-refractivity contribution in [1.82, 2.24) is 0 Å². The molecule has 0 saturated heterocycles. The molecule has 0 amide bonds. The van der Waals surface area contributed by atoms with E-state index in [1.807, 2.05) is 24.3 Å². The van der Waals surface area contributed by atoms with Gasteiger partial charge in [0.05, 0.1) is 30.6 Å². The van der Waals surface area contributed by atoms with Gasteiger partial charge in [-0.2, -0.15) is 0 Å². The smallest absolute Gasteiger partial charge is 0.0718 e. The van der Waals surface area contributed by atoms with Crippen LogP contribution in [0, 0.1) is 0 Å². The molecular weight excluding hydrogens is 248 g/mol. The van der Waals surface area contributed by atoms with Gasteiger partial charge >= 0.3 is 0 Å². The average Bonchev–Trinajstić information content (AvgIpc) is 2.92. The molecule has 0 unspecified atom stereocenters. The van der Waals surface area contributed by atoms with Crippen LogP contribution in [-0.4, -0.2) is 27.8 Å². The molecule has 0 aliphatic heterocycles. The summed E-state index contributed by atoms with van der Waals surface area (Å²) in [6.07, 6.45) is 4.57. The first-order valence-corrected chi connectivity index (χ1v) is 7.70. The Hall–Kier alpha value is -0.710. The molecular formula is C14H20O3S. The van der Waals surface area contributed by atoms with Crippen LogP contribution in [0.5, 0.6) is 0 Å². The van der Waals surface area contributed by atoms with E-state index in [4.69, 9.17) is 9.84 Å². The van der Waals surface area contributed by atoms with Crippen molar-refractivity contribution in [2.24, 2.45) is 0 Å². The predicted octanol–water partition coefficient (Wildman–Crippen LogP) is 2.25. The lowest BCUT2D eigenvalue weighted by atomic mass is 10.2. The first kappa shape index (κ1) is 13.7. The van der Waals surface area contributed by atoms with E-state index in [1.54, 1.807) is 0 Å². The minimum atomic E-state index is -0.881. The molecule has 0 aromatic heterocycles. The highest BCUT2D eigenvalue weighted by Gasteiger charge is 2.22. The second-order valence-corrected chi connectivity index (χ2v) is 6.36. The molecule has 1 atom stereocenters. The Kier molecular flexibility index (Phi) is 5.35. The van der Waals surface area contributed by atoms with Crippen molar-refractivity contribution in [3.63, 3.8) is 0 Å². The Morgan fingerprint density at radius 3 is 2.83 bits per heavy atom. The number of benzene rings is 1. The molecule has 2 rings (SSSR count). The van der Waals surface area contributed by atoms with Gasteiger partial charge in [0, 0.05) is 10.1 Å².